The number of hydrogen-bond donors (Lipinski definition) is 1. The van der Waals surface area contributed by atoms with Crippen molar-refractivity contribution in [2.45, 2.75) is 6.92 Å². The molecule has 0 saturated heterocycles. The second-order valence-corrected chi connectivity index (χ2v) is 3.86. The van der Waals surface area contributed by atoms with Crippen LogP contribution in [-0.2, 0) is 9.68 Å². The second-order valence-electron chi connectivity index (χ2n) is 3.86. The number of phenolic OH excluding ortho intramolecular Hbond substituents is 1. The van der Waals surface area contributed by atoms with Crippen molar-refractivity contribution in [3.63, 3.8) is 0 Å². The maximum atomic E-state index is 11.2. The summed E-state index contributed by atoms with van der Waals surface area (Å²) < 4.78 is 0. The molecule has 0 unspecified atom stereocenters. The Morgan fingerprint density at radius 3 is 2.56 bits per heavy atom. The Hall–Kier alpha value is -2.49. The molecule has 0 aliphatic heterocycles. The van der Waals surface area contributed by atoms with Gasteiger partial charge in [0.25, 0.3) is 0 Å². The summed E-state index contributed by atoms with van der Waals surface area (Å²) in [6.07, 6.45) is 0. The number of rotatable bonds is 3. The minimum absolute atomic E-state index is 0.143. The van der Waals surface area contributed by atoms with Crippen LogP contribution in [0.2, 0.25) is 0 Å². The molecule has 0 amide bonds. The zero-order valence-electron chi connectivity index (χ0n) is 9.84. The van der Waals surface area contributed by atoms with Crippen LogP contribution in [0, 0.1) is 0 Å². The van der Waals surface area contributed by atoms with Crippen LogP contribution in [0.15, 0.2) is 48.6 Å². The molecule has 2 aromatic rings. The van der Waals surface area contributed by atoms with E-state index in [-0.39, 0.29) is 11.3 Å². The number of carbonyl (C=O) groups is 1. The Morgan fingerprint density at radius 1 is 1.17 bits per heavy atom. The predicted octanol–water partition coefficient (Wildman–Crippen LogP) is 2.96. The Kier molecular flexibility index (Phi) is 3.19. The van der Waals surface area contributed by atoms with Crippen LogP contribution in [0.4, 0.5) is 0 Å². The summed E-state index contributed by atoms with van der Waals surface area (Å²) in [4.78, 5) is 20.8. The summed E-state index contributed by atoms with van der Waals surface area (Å²) in [5.41, 5.74) is 0.248. The Morgan fingerprint density at radius 2 is 1.83 bits per heavy atom. The first-order chi connectivity index (χ1) is 8.59. The third kappa shape index (κ3) is 2.27. The highest BCUT2D eigenvalue weighted by Crippen LogP contribution is 2.31. The minimum Gasteiger partial charge on any atom is -0.507 e. The van der Waals surface area contributed by atoms with Gasteiger partial charge in [-0.2, -0.15) is 0 Å². The lowest BCUT2D eigenvalue weighted by Crippen LogP contribution is -2.08. The van der Waals surface area contributed by atoms with Crippen LogP contribution in [0.1, 0.15) is 6.92 Å². The van der Waals surface area contributed by atoms with Gasteiger partial charge in [-0.3, -0.25) is 4.89 Å². The van der Waals surface area contributed by atoms with Gasteiger partial charge in [0.2, 0.25) is 0 Å². The quantitative estimate of drug-likeness (QED) is 0.512. The van der Waals surface area contributed by atoms with Crippen molar-refractivity contribution in [2.24, 2.45) is 0 Å². The van der Waals surface area contributed by atoms with Crippen molar-refractivity contribution >= 4 is 16.7 Å². The molecule has 1 N–H and O–H groups in total. The highest BCUT2D eigenvalue weighted by atomic mass is 17.2. The summed E-state index contributed by atoms with van der Waals surface area (Å²) >= 11 is 0. The van der Waals surface area contributed by atoms with Crippen LogP contribution in [-0.4, -0.2) is 11.1 Å². The van der Waals surface area contributed by atoms with Crippen molar-refractivity contribution in [2.75, 3.05) is 0 Å². The first kappa shape index (κ1) is 12.0. The molecule has 0 aliphatic carbocycles. The van der Waals surface area contributed by atoms with E-state index in [0.29, 0.717) is 16.5 Å². The highest BCUT2D eigenvalue weighted by Gasteiger charge is 2.09. The summed E-state index contributed by atoms with van der Waals surface area (Å²) in [6.45, 7) is 4.98. The summed E-state index contributed by atoms with van der Waals surface area (Å²) in [6, 6.07) is 10.1. The fraction of sp³-hybridized carbons (Fsp3) is 0.0714. The van der Waals surface area contributed by atoms with E-state index in [1.54, 1.807) is 36.4 Å². The number of carbonyl (C=O) groups excluding carboxylic acids is 1. The number of benzene rings is 2. The van der Waals surface area contributed by atoms with E-state index in [1.165, 1.54) is 6.92 Å². The van der Waals surface area contributed by atoms with Crippen LogP contribution < -0.4 is 4.89 Å². The minimum atomic E-state index is -0.632. The molecule has 0 aliphatic rings. The van der Waals surface area contributed by atoms with Gasteiger partial charge in [0.05, 0.1) is 0 Å². The lowest BCUT2D eigenvalue weighted by atomic mass is 10.1. The monoisotopic (exact) mass is 244 g/mol. The Labute approximate surface area is 104 Å². The first-order valence-electron chi connectivity index (χ1n) is 5.34. The highest BCUT2D eigenvalue weighted by molar-refractivity contribution is 5.93. The van der Waals surface area contributed by atoms with E-state index in [0.717, 1.165) is 0 Å². The van der Waals surface area contributed by atoms with Crippen molar-refractivity contribution < 1.29 is 19.7 Å². The average Bonchev–Trinajstić information content (AvgIpc) is 2.36. The van der Waals surface area contributed by atoms with Gasteiger partial charge >= 0.3 is 5.97 Å². The van der Waals surface area contributed by atoms with E-state index < -0.39 is 5.97 Å². The molecule has 0 spiro atoms. The third-order valence-electron chi connectivity index (χ3n) is 2.41. The molecular weight excluding hydrogens is 232 g/mol. The molecule has 0 radical (unpaired) electrons. The molecule has 2 aromatic carbocycles. The van der Waals surface area contributed by atoms with Gasteiger partial charge in [-0.25, -0.2) is 9.68 Å². The largest absolute Gasteiger partial charge is 0.507 e. The lowest BCUT2D eigenvalue weighted by Gasteiger charge is -2.07. The normalized spacial score (nSPS) is 10.1. The molecule has 2 rings (SSSR count). The van der Waals surface area contributed by atoms with E-state index in [1.807, 2.05) is 0 Å². The topological polar surface area (TPSA) is 55.8 Å². The Balaban J connectivity index is 2.32. The maximum absolute atomic E-state index is 11.2. The molecule has 4 nitrogen and oxygen atoms in total. The molecule has 0 bridgehead atoms. The summed E-state index contributed by atoms with van der Waals surface area (Å²) in [5, 5.41) is 11.0. The van der Waals surface area contributed by atoms with E-state index in [2.05, 4.69) is 11.5 Å². The van der Waals surface area contributed by atoms with Crippen molar-refractivity contribution in [1.82, 2.24) is 0 Å². The predicted molar refractivity (Wildman–Crippen MR) is 67.1 cm³/mol. The molecule has 0 saturated carbocycles. The molecular formula is C14H12O4. The standard InChI is InChI=1S/C14H12O4/c1-9(2)14(16)18-17-13-8-4-5-10-11(13)6-3-7-12(10)15/h3-8,15H,1H2,2H3. The molecule has 18 heavy (non-hydrogen) atoms. The number of hydrogen-bond acceptors (Lipinski definition) is 4. The lowest BCUT2D eigenvalue weighted by molar-refractivity contribution is -0.207. The van der Waals surface area contributed by atoms with Crippen molar-refractivity contribution in [1.29, 1.82) is 0 Å². The SMILES string of the molecule is C=C(C)C(=O)OOc1cccc2c(O)cccc12. The molecule has 4 heteroatoms. The number of aromatic hydroxyl groups is 1. The molecule has 0 fully saturated rings. The smallest absolute Gasteiger partial charge is 0.381 e. The van der Waals surface area contributed by atoms with Gasteiger partial charge < -0.3 is 5.11 Å². The van der Waals surface area contributed by atoms with Crippen LogP contribution >= 0.6 is 0 Å². The fourth-order valence-electron chi connectivity index (χ4n) is 1.49. The second kappa shape index (κ2) is 4.79. The molecule has 0 aromatic heterocycles. The van der Waals surface area contributed by atoms with Gasteiger partial charge in [-0.1, -0.05) is 30.8 Å². The zero-order valence-corrected chi connectivity index (χ0v) is 9.84. The van der Waals surface area contributed by atoms with Crippen LogP contribution in [0.5, 0.6) is 11.5 Å². The summed E-state index contributed by atoms with van der Waals surface area (Å²) in [7, 11) is 0. The zero-order chi connectivity index (χ0) is 13.1. The van der Waals surface area contributed by atoms with Crippen LogP contribution in [0.3, 0.4) is 0 Å². The fourth-order valence-corrected chi connectivity index (χ4v) is 1.49. The number of phenols is 1. The average molecular weight is 244 g/mol. The molecule has 92 valence electrons. The van der Waals surface area contributed by atoms with Gasteiger partial charge in [0, 0.05) is 16.3 Å². The summed E-state index contributed by atoms with van der Waals surface area (Å²) in [5.74, 6) is -0.130. The Bertz CT molecular complexity index is 616. The van der Waals surface area contributed by atoms with E-state index >= 15 is 0 Å². The van der Waals surface area contributed by atoms with E-state index in [9.17, 15) is 9.90 Å². The first-order valence-corrected chi connectivity index (χ1v) is 5.34. The van der Waals surface area contributed by atoms with Gasteiger partial charge in [-0.05, 0) is 19.1 Å². The van der Waals surface area contributed by atoms with Crippen molar-refractivity contribution in [3.8, 4) is 11.5 Å². The van der Waals surface area contributed by atoms with E-state index in [4.69, 9.17) is 4.89 Å². The van der Waals surface area contributed by atoms with Gasteiger partial charge in [-0.15, -0.1) is 0 Å². The number of fused-ring (bicyclic) bond motifs is 1. The third-order valence-corrected chi connectivity index (χ3v) is 2.41. The van der Waals surface area contributed by atoms with Gasteiger partial charge in [0.1, 0.15) is 5.75 Å². The molecule has 0 atom stereocenters. The maximum Gasteiger partial charge on any atom is 0.381 e. The molecule has 0 heterocycles. The van der Waals surface area contributed by atoms with Gasteiger partial charge in [0.15, 0.2) is 5.75 Å². The van der Waals surface area contributed by atoms with Crippen molar-refractivity contribution in [3.05, 3.63) is 48.6 Å². The van der Waals surface area contributed by atoms with Crippen LogP contribution in [0.25, 0.3) is 10.8 Å².